The van der Waals surface area contributed by atoms with Crippen molar-refractivity contribution in [3.63, 3.8) is 0 Å². The quantitative estimate of drug-likeness (QED) is 0.574. The first kappa shape index (κ1) is 9.21. The van der Waals surface area contributed by atoms with Crippen LogP contribution in [0, 0.1) is 17.8 Å². The molecule has 3 fully saturated rings. The van der Waals surface area contributed by atoms with Crippen molar-refractivity contribution in [2.24, 2.45) is 17.8 Å². The zero-order valence-corrected chi connectivity index (χ0v) is 9.24. The molecule has 0 bridgehead atoms. The first-order valence-corrected chi connectivity index (χ1v) is 6.52. The Morgan fingerprint density at radius 2 is 1.64 bits per heavy atom. The smallest absolute Gasteiger partial charge is 0.0613 e. The van der Waals surface area contributed by atoms with Gasteiger partial charge in [-0.3, -0.25) is 0 Å². The van der Waals surface area contributed by atoms with Crippen LogP contribution in [0.4, 0.5) is 0 Å². The molecule has 5 atom stereocenters. The van der Waals surface area contributed by atoms with Crippen molar-refractivity contribution < 1.29 is 4.74 Å². The molecule has 0 radical (unpaired) electrons. The van der Waals surface area contributed by atoms with E-state index < -0.39 is 0 Å². The molecule has 5 unspecified atom stereocenters. The minimum atomic E-state index is 0.645. The predicted molar refractivity (Wildman–Crippen MR) is 57.1 cm³/mol. The van der Waals surface area contributed by atoms with Crippen LogP contribution in [0.3, 0.4) is 0 Å². The van der Waals surface area contributed by atoms with Crippen molar-refractivity contribution in [2.45, 2.75) is 64.1 Å². The van der Waals surface area contributed by atoms with Gasteiger partial charge in [0, 0.05) is 0 Å². The Labute approximate surface area is 87.2 Å². The third-order valence-corrected chi connectivity index (χ3v) is 4.83. The maximum atomic E-state index is 6.24. The molecular formula is C13H22O. The molecule has 1 heterocycles. The van der Waals surface area contributed by atoms with Crippen LogP contribution in [0.5, 0.6) is 0 Å². The standard InChI is InChI=1S/C13H22O/c1-9-5-4-8-12-13(9)10-6-2-3-7-11(10)14-12/h9-13H,2-8H2,1H3. The highest BCUT2D eigenvalue weighted by molar-refractivity contribution is 4.96. The fourth-order valence-corrected chi connectivity index (χ4v) is 4.21. The second-order valence-corrected chi connectivity index (χ2v) is 5.65. The summed E-state index contributed by atoms with van der Waals surface area (Å²) >= 11 is 0. The summed E-state index contributed by atoms with van der Waals surface area (Å²) in [6.07, 6.45) is 11.2. The molecule has 2 aliphatic carbocycles. The number of fused-ring (bicyclic) bond motifs is 3. The van der Waals surface area contributed by atoms with Crippen molar-refractivity contribution in [2.75, 3.05) is 0 Å². The molecule has 1 nitrogen and oxygen atoms in total. The van der Waals surface area contributed by atoms with Gasteiger partial charge in [0.05, 0.1) is 12.2 Å². The largest absolute Gasteiger partial charge is 0.374 e. The summed E-state index contributed by atoms with van der Waals surface area (Å²) in [5.41, 5.74) is 0. The Morgan fingerprint density at radius 1 is 0.857 bits per heavy atom. The first-order chi connectivity index (χ1) is 6.86. The summed E-state index contributed by atoms with van der Waals surface area (Å²) in [6, 6.07) is 0. The van der Waals surface area contributed by atoms with E-state index in [0.717, 1.165) is 17.8 Å². The summed E-state index contributed by atoms with van der Waals surface area (Å²) < 4.78 is 6.24. The molecule has 0 aromatic carbocycles. The van der Waals surface area contributed by atoms with Crippen LogP contribution in [-0.4, -0.2) is 12.2 Å². The van der Waals surface area contributed by atoms with Crippen LogP contribution in [0.25, 0.3) is 0 Å². The van der Waals surface area contributed by atoms with Gasteiger partial charge in [0.15, 0.2) is 0 Å². The second kappa shape index (κ2) is 3.52. The third-order valence-electron chi connectivity index (χ3n) is 4.83. The van der Waals surface area contributed by atoms with Gasteiger partial charge in [-0.05, 0) is 37.0 Å². The van der Waals surface area contributed by atoms with Crippen molar-refractivity contribution in [1.82, 2.24) is 0 Å². The average molecular weight is 194 g/mol. The maximum absolute atomic E-state index is 6.24. The van der Waals surface area contributed by atoms with Crippen molar-refractivity contribution in [3.05, 3.63) is 0 Å². The van der Waals surface area contributed by atoms with Crippen LogP contribution in [0.15, 0.2) is 0 Å². The van der Waals surface area contributed by atoms with Gasteiger partial charge in [0.1, 0.15) is 0 Å². The minimum absolute atomic E-state index is 0.645. The van der Waals surface area contributed by atoms with Crippen LogP contribution < -0.4 is 0 Å². The lowest BCUT2D eigenvalue weighted by molar-refractivity contribution is 0.000268. The third kappa shape index (κ3) is 1.32. The predicted octanol–water partition coefficient (Wildman–Crippen LogP) is 3.38. The van der Waals surface area contributed by atoms with Crippen LogP contribution in [0.2, 0.25) is 0 Å². The van der Waals surface area contributed by atoms with Gasteiger partial charge in [-0.1, -0.05) is 32.6 Å². The fourth-order valence-electron chi connectivity index (χ4n) is 4.21. The molecule has 0 amide bonds. The Bertz CT molecular complexity index is 213. The number of hydrogen-bond acceptors (Lipinski definition) is 1. The van der Waals surface area contributed by atoms with Crippen molar-refractivity contribution >= 4 is 0 Å². The van der Waals surface area contributed by atoms with Crippen LogP contribution in [0.1, 0.15) is 51.9 Å². The van der Waals surface area contributed by atoms with Crippen molar-refractivity contribution in [1.29, 1.82) is 0 Å². The van der Waals surface area contributed by atoms with E-state index in [9.17, 15) is 0 Å². The van der Waals surface area contributed by atoms with E-state index in [1.165, 1.54) is 44.9 Å². The Hall–Kier alpha value is -0.0400. The van der Waals surface area contributed by atoms with Crippen LogP contribution in [-0.2, 0) is 4.74 Å². The van der Waals surface area contributed by atoms with Gasteiger partial charge in [-0.15, -0.1) is 0 Å². The van der Waals surface area contributed by atoms with Gasteiger partial charge < -0.3 is 4.74 Å². The Kier molecular flexibility index (Phi) is 2.31. The number of rotatable bonds is 0. The zero-order chi connectivity index (χ0) is 9.54. The summed E-state index contributed by atoms with van der Waals surface area (Å²) in [5.74, 6) is 2.79. The average Bonchev–Trinajstić information content (AvgIpc) is 2.57. The zero-order valence-electron chi connectivity index (χ0n) is 9.24. The SMILES string of the molecule is CC1CCCC2OC3CCCCC3C12. The van der Waals surface area contributed by atoms with Gasteiger partial charge in [-0.25, -0.2) is 0 Å². The topological polar surface area (TPSA) is 9.23 Å². The first-order valence-electron chi connectivity index (χ1n) is 6.52. The summed E-state index contributed by atoms with van der Waals surface area (Å²) in [4.78, 5) is 0. The van der Waals surface area contributed by atoms with Gasteiger partial charge in [0.25, 0.3) is 0 Å². The molecule has 0 N–H and O–H groups in total. The highest BCUT2D eigenvalue weighted by Crippen LogP contribution is 2.49. The molecule has 2 saturated carbocycles. The lowest BCUT2D eigenvalue weighted by atomic mass is 9.69. The minimum Gasteiger partial charge on any atom is -0.374 e. The molecule has 3 aliphatic rings. The van der Waals surface area contributed by atoms with Gasteiger partial charge in [0.2, 0.25) is 0 Å². The molecule has 1 saturated heterocycles. The van der Waals surface area contributed by atoms with E-state index in [0.29, 0.717) is 12.2 Å². The van der Waals surface area contributed by atoms with E-state index in [2.05, 4.69) is 6.92 Å². The lowest BCUT2D eigenvalue weighted by Crippen LogP contribution is -2.32. The molecule has 1 aliphatic heterocycles. The van der Waals surface area contributed by atoms with E-state index in [4.69, 9.17) is 4.74 Å². The molecule has 1 heteroatoms. The summed E-state index contributed by atoms with van der Waals surface area (Å²) in [5, 5.41) is 0. The monoisotopic (exact) mass is 194 g/mol. The molecule has 0 spiro atoms. The van der Waals surface area contributed by atoms with Crippen LogP contribution >= 0.6 is 0 Å². The fraction of sp³-hybridized carbons (Fsp3) is 1.00. The molecule has 0 aromatic rings. The molecule has 14 heavy (non-hydrogen) atoms. The summed E-state index contributed by atoms with van der Waals surface area (Å²) in [6.45, 7) is 2.46. The van der Waals surface area contributed by atoms with E-state index in [1.807, 2.05) is 0 Å². The molecule has 0 aromatic heterocycles. The van der Waals surface area contributed by atoms with E-state index >= 15 is 0 Å². The molecule has 80 valence electrons. The Balaban J connectivity index is 1.80. The normalized spacial score (nSPS) is 52.5. The highest BCUT2D eigenvalue weighted by Gasteiger charge is 2.48. The Morgan fingerprint density at radius 3 is 2.57 bits per heavy atom. The second-order valence-electron chi connectivity index (χ2n) is 5.65. The highest BCUT2D eigenvalue weighted by atomic mass is 16.5. The van der Waals surface area contributed by atoms with E-state index in [-0.39, 0.29) is 0 Å². The van der Waals surface area contributed by atoms with E-state index in [1.54, 1.807) is 0 Å². The van der Waals surface area contributed by atoms with Crippen molar-refractivity contribution in [3.8, 4) is 0 Å². The van der Waals surface area contributed by atoms with Gasteiger partial charge in [-0.2, -0.15) is 0 Å². The van der Waals surface area contributed by atoms with Gasteiger partial charge >= 0.3 is 0 Å². The summed E-state index contributed by atoms with van der Waals surface area (Å²) in [7, 11) is 0. The molecular weight excluding hydrogens is 172 g/mol. The molecule has 3 rings (SSSR count). The number of hydrogen-bond donors (Lipinski definition) is 0. The maximum Gasteiger partial charge on any atom is 0.0613 e. The number of ether oxygens (including phenoxy) is 1. The lowest BCUT2D eigenvalue weighted by Gasteiger charge is -2.34.